The Balaban J connectivity index is 1.44. The molecular formula is C17H21N3O3S. The molecule has 3 rings (SSSR count). The number of hydrogen-bond acceptors (Lipinski definition) is 5. The van der Waals surface area contributed by atoms with E-state index in [1.54, 1.807) is 12.1 Å². The number of carbonyl (C=O) groups excluding carboxylic acids is 2. The van der Waals surface area contributed by atoms with Crippen molar-refractivity contribution >= 4 is 28.3 Å². The Bertz CT molecular complexity index is 675. The predicted molar refractivity (Wildman–Crippen MR) is 92.1 cm³/mol. The number of aryl methyl sites for hydroxylation is 1. The molecule has 0 radical (unpaired) electrons. The van der Waals surface area contributed by atoms with E-state index in [0.717, 1.165) is 18.5 Å². The van der Waals surface area contributed by atoms with Crippen LogP contribution in [0.5, 0.6) is 0 Å². The fourth-order valence-electron chi connectivity index (χ4n) is 2.83. The molecule has 1 fully saturated rings. The highest BCUT2D eigenvalue weighted by Crippen LogP contribution is 2.19. The van der Waals surface area contributed by atoms with Crippen LogP contribution in [0.4, 0.5) is 5.13 Å². The number of rotatable bonds is 6. The van der Waals surface area contributed by atoms with Crippen molar-refractivity contribution in [2.75, 3.05) is 5.32 Å². The van der Waals surface area contributed by atoms with Gasteiger partial charge in [-0.1, -0.05) is 19.3 Å². The SMILES string of the molecule is O=C(CCc1csc(NC(=O)c2ccco2)n1)NC1CCCCC1. The van der Waals surface area contributed by atoms with Gasteiger partial charge in [0.2, 0.25) is 5.91 Å². The van der Waals surface area contributed by atoms with Crippen LogP contribution in [0, 0.1) is 0 Å². The summed E-state index contributed by atoms with van der Waals surface area (Å²) in [4.78, 5) is 28.2. The number of furan rings is 1. The molecule has 2 aromatic heterocycles. The Morgan fingerprint density at radius 3 is 2.88 bits per heavy atom. The highest BCUT2D eigenvalue weighted by atomic mass is 32.1. The third kappa shape index (κ3) is 4.67. The Morgan fingerprint density at radius 2 is 2.12 bits per heavy atom. The molecule has 0 aliphatic heterocycles. The van der Waals surface area contributed by atoms with Gasteiger partial charge in [-0.3, -0.25) is 14.9 Å². The van der Waals surface area contributed by atoms with Crippen LogP contribution < -0.4 is 10.6 Å². The van der Waals surface area contributed by atoms with Gasteiger partial charge in [-0.25, -0.2) is 4.98 Å². The molecule has 128 valence electrons. The summed E-state index contributed by atoms with van der Waals surface area (Å²) in [5.74, 6) is 0.00521. The Labute approximate surface area is 144 Å². The summed E-state index contributed by atoms with van der Waals surface area (Å²) < 4.78 is 5.04. The van der Waals surface area contributed by atoms with Crippen molar-refractivity contribution in [2.45, 2.75) is 51.0 Å². The van der Waals surface area contributed by atoms with E-state index in [-0.39, 0.29) is 17.6 Å². The van der Waals surface area contributed by atoms with Gasteiger partial charge < -0.3 is 9.73 Å². The number of hydrogen-bond donors (Lipinski definition) is 2. The van der Waals surface area contributed by atoms with Gasteiger partial charge in [0.15, 0.2) is 10.9 Å². The highest BCUT2D eigenvalue weighted by Gasteiger charge is 2.16. The zero-order valence-electron chi connectivity index (χ0n) is 13.4. The van der Waals surface area contributed by atoms with E-state index in [1.807, 2.05) is 5.38 Å². The predicted octanol–water partition coefficient (Wildman–Crippen LogP) is 3.37. The van der Waals surface area contributed by atoms with Crippen molar-refractivity contribution < 1.29 is 14.0 Å². The molecule has 1 aliphatic rings. The first kappa shape index (κ1) is 16.7. The van der Waals surface area contributed by atoms with Crippen LogP contribution in [0.3, 0.4) is 0 Å². The molecule has 2 amide bonds. The van der Waals surface area contributed by atoms with Crippen LogP contribution in [-0.2, 0) is 11.2 Å². The number of anilines is 1. The molecule has 2 heterocycles. The van der Waals surface area contributed by atoms with Crippen LogP contribution in [0.25, 0.3) is 0 Å². The summed E-state index contributed by atoms with van der Waals surface area (Å²) in [6.07, 6.45) is 8.31. The topological polar surface area (TPSA) is 84.2 Å². The largest absolute Gasteiger partial charge is 0.459 e. The minimum Gasteiger partial charge on any atom is -0.459 e. The lowest BCUT2D eigenvalue weighted by Gasteiger charge is -2.22. The van der Waals surface area contributed by atoms with Gasteiger partial charge in [0.05, 0.1) is 12.0 Å². The molecule has 0 unspecified atom stereocenters. The Kier molecular flexibility index (Phi) is 5.63. The molecule has 0 bridgehead atoms. The molecule has 6 nitrogen and oxygen atoms in total. The number of amides is 2. The van der Waals surface area contributed by atoms with Crippen molar-refractivity contribution in [3.8, 4) is 0 Å². The molecule has 0 atom stereocenters. The van der Waals surface area contributed by atoms with Crippen molar-refractivity contribution in [1.29, 1.82) is 0 Å². The summed E-state index contributed by atoms with van der Waals surface area (Å²) in [6.45, 7) is 0. The minimum absolute atomic E-state index is 0.0797. The summed E-state index contributed by atoms with van der Waals surface area (Å²) in [6, 6.07) is 3.59. The van der Waals surface area contributed by atoms with Crippen LogP contribution in [0.1, 0.15) is 54.8 Å². The smallest absolute Gasteiger partial charge is 0.293 e. The molecule has 1 aliphatic carbocycles. The third-order valence-electron chi connectivity index (χ3n) is 4.10. The number of thiazole rings is 1. The number of aromatic nitrogens is 1. The maximum absolute atomic E-state index is 12.0. The lowest BCUT2D eigenvalue weighted by Crippen LogP contribution is -2.36. The number of nitrogens with zero attached hydrogens (tertiary/aromatic N) is 1. The van der Waals surface area contributed by atoms with E-state index < -0.39 is 0 Å². The monoisotopic (exact) mass is 347 g/mol. The normalized spacial score (nSPS) is 15.2. The van der Waals surface area contributed by atoms with Gasteiger partial charge in [-0.15, -0.1) is 11.3 Å². The first-order chi connectivity index (χ1) is 11.7. The molecule has 0 aromatic carbocycles. The first-order valence-corrected chi connectivity index (χ1v) is 9.17. The summed E-state index contributed by atoms with van der Waals surface area (Å²) in [5, 5.41) is 8.17. The fourth-order valence-corrected chi connectivity index (χ4v) is 3.57. The van der Waals surface area contributed by atoms with Gasteiger partial charge >= 0.3 is 0 Å². The quantitative estimate of drug-likeness (QED) is 0.839. The molecule has 2 N–H and O–H groups in total. The minimum atomic E-state index is -0.323. The summed E-state index contributed by atoms with van der Waals surface area (Å²) >= 11 is 1.35. The van der Waals surface area contributed by atoms with Crippen molar-refractivity contribution in [1.82, 2.24) is 10.3 Å². The van der Waals surface area contributed by atoms with Crippen LogP contribution in [0.2, 0.25) is 0 Å². The third-order valence-corrected chi connectivity index (χ3v) is 4.90. The summed E-state index contributed by atoms with van der Waals surface area (Å²) in [7, 11) is 0. The Hall–Kier alpha value is -2.15. The van der Waals surface area contributed by atoms with Gasteiger partial charge in [0.1, 0.15) is 0 Å². The van der Waals surface area contributed by atoms with E-state index in [0.29, 0.717) is 24.0 Å². The molecule has 0 saturated heterocycles. The Morgan fingerprint density at radius 1 is 1.29 bits per heavy atom. The molecular weight excluding hydrogens is 326 g/mol. The lowest BCUT2D eigenvalue weighted by atomic mass is 9.95. The van der Waals surface area contributed by atoms with Crippen LogP contribution in [0.15, 0.2) is 28.2 Å². The second kappa shape index (κ2) is 8.10. The fraction of sp³-hybridized carbons (Fsp3) is 0.471. The van der Waals surface area contributed by atoms with E-state index in [2.05, 4.69) is 15.6 Å². The second-order valence-corrected chi connectivity index (χ2v) is 6.84. The van der Waals surface area contributed by atoms with Gasteiger partial charge in [-0.2, -0.15) is 0 Å². The number of carbonyl (C=O) groups is 2. The van der Waals surface area contributed by atoms with Gasteiger partial charge in [0, 0.05) is 17.8 Å². The maximum Gasteiger partial charge on any atom is 0.293 e. The average molecular weight is 347 g/mol. The van der Waals surface area contributed by atoms with E-state index in [9.17, 15) is 9.59 Å². The number of nitrogens with one attached hydrogen (secondary N) is 2. The zero-order chi connectivity index (χ0) is 16.8. The maximum atomic E-state index is 12.0. The lowest BCUT2D eigenvalue weighted by molar-refractivity contribution is -0.122. The van der Waals surface area contributed by atoms with E-state index in [4.69, 9.17) is 4.42 Å². The van der Waals surface area contributed by atoms with Crippen molar-refractivity contribution in [3.05, 3.63) is 35.2 Å². The van der Waals surface area contributed by atoms with Gasteiger partial charge in [-0.05, 0) is 31.4 Å². The molecule has 1 saturated carbocycles. The van der Waals surface area contributed by atoms with Gasteiger partial charge in [0.25, 0.3) is 5.91 Å². The molecule has 7 heteroatoms. The highest BCUT2D eigenvalue weighted by molar-refractivity contribution is 7.13. The van der Waals surface area contributed by atoms with Crippen molar-refractivity contribution in [3.63, 3.8) is 0 Å². The second-order valence-electron chi connectivity index (χ2n) is 5.98. The van der Waals surface area contributed by atoms with Crippen LogP contribution >= 0.6 is 11.3 Å². The van der Waals surface area contributed by atoms with E-state index >= 15 is 0 Å². The summed E-state index contributed by atoms with van der Waals surface area (Å²) in [5.41, 5.74) is 0.813. The van der Waals surface area contributed by atoms with Crippen molar-refractivity contribution in [2.24, 2.45) is 0 Å². The first-order valence-electron chi connectivity index (χ1n) is 8.29. The molecule has 2 aromatic rings. The average Bonchev–Trinajstić information content (AvgIpc) is 3.26. The van der Waals surface area contributed by atoms with E-state index in [1.165, 1.54) is 36.9 Å². The zero-order valence-corrected chi connectivity index (χ0v) is 14.2. The van der Waals surface area contributed by atoms with Crippen LogP contribution in [-0.4, -0.2) is 22.8 Å². The molecule has 0 spiro atoms. The molecule has 24 heavy (non-hydrogen) atoms. The standard InChI is InChI=1S/C17H21N3O3S/c21-15(18-12-5-2-1-3-6-12)9-8-13-11-24-17(19-13)20-16(22)14-7-4-10-23-14/h4,7,10-12H,1-3,5-6,8-9H2,(H,18,21)(H,19,20,22).